The Morgan fingerprint density at radius 1 is 1.29 bits per heavy atom. The maximum Gasteiger partial charge on any atom is 0.0384 e. The van der Waals surface area contributed by atoms with E-state index >= 15 is 0 Å². The number of thiophene rings is 1. The number of benzene rings is 1. The molecule has 0 spiro atoms. The Morgan fingerprint density at radius 3 is 2.88 bits per heavy atom. The van der Waals surface area contributed by atoms with Crippen LogP contribution in [0.5, 0.6) is 0 Å². The van der Waals surface area contributed by atoms with Gasteiger partial charge in [0.15, 0.2) is 0 Å². The second kappa shape index (κ2) is 3.97. The maximum absolute atomic E-state index is 5.77. The van der Waals surface area contributed by atoms with Gasteiger partial charge in [0.1, 0.15) is 0 Å². The summed E-state index contributed by atoms with van der Waals surface area (Å²) < 4.78 is 0. The molecular weight excluding hydrogens is 226 g/mol. The number of fused-ring (bicyclic) bond motifs is 3. The summed E-state index contributed by atoms with van der Waals surface area (Å²) in [5.41, 5.74) is 13.0. The average molecular weight is 243 g/mol. The Balaban J connectivity index is 2.25. The Kier molecular flexibility index (Phi) is 2.57. The van der Waals surface area contributed by atoms with Crippen molar-refractivity contribution < 1.29 is 0 Å². The van der Waals surface area contributed by atoms with Crippen molar-refractivity contribution in [2.24, 2.45) is 5.73 Å². The molecule has 1 atom stereocenters. The zero-order valence-corrected chi connectivity index (χ0v) is 11.1. The molecule has 1 aromatic carbocycles. The largest absolute Gasteiger partial charge is 0.330 e. The molecule has 0 fully saturated rings. The van der Waals surface area contributed by atoms with Gasteiger partial charge in [-0.2, -0.15) is 0 Å². The summed E-state index contributed by atoms with van der Waals surface area (Å²) in [5.74, 6) is 0.525. The SMILES string of the molecule is Cc1cc(C)c2c(c1)-c1sccc1C2CCN. The summed E-state index contributed by atoms with van der Waals surface area (Å²) in [5, 5.41) is 2.20. The summed E-state index contributed by atoms with van der Waals surface area (Å²) >= 11 is 1.86. The van der Waals surface area contributed by atoms with E-state index in [0.29, 0.717) is 5.92 Å². The normalized spacial score (nSPS) is 17.0. The minimum absolute atomic E-state index is 0.525. The van der Waals surface area contributed by atoms with Crippen LogP contribution in [0.15, 0.2) is 23.6 Å². The lowest BCUT2D eigenvalue weighted by Crippen LogP contribution is -2.07. The van der Waals surface area contributed by atoms with Crippen molar-refractivity contribution in [1.82, 2.24) is 0 Å². The molecule has 1 aliphatic rings. The quantitative estimate of drug-likeness (QED) is 0.852. The second-order valence-corrected chi connectivity index (χ2v) is 5.79. The van der Waals surface area contributed by atoms with E-state index in [4.69, 9.17) is 5.73 Å². The molecule has 0 radical (unpaired) electrons. The van der Waals surface area contributed by atoms with Crippen molar-refractivity contribution in [3.63, 3.8) is 0 Å². The lowest BCUT2D eigenvalue weighted by molar-refractivity contribution is 0.738. The minimum Gasteiger partial charge on any atom is -0.330 e. The highest BCUT2D eigenvalue weighted by Gasteiger charge is 2.30. The third kappa shape index (κ3) is 1.55. The van der Waals surface area contributed by atoms with E-state index in [1.54, 1.807) is 0 Å². The van der Waals surface area contributed by atoms with Crippen molar-refractivity contribution in [3.05, 3.63) is 45.8 Å². The molecular formula is C15H17NS. The Morgan fingerprint density at radius 2 is 2.12 bits per heavy atom. The molecule has 17 heavy (non-hydrogen) atoms. The predicted molar refractivity (Wildman–Crippen MR) is 74.7 cm³/mol. The Hall–Kier alpha value is -1.12. The summed E-state index contributed by atoms with van der Waals surface area (Å²) in [4.78, 5) is 1.46. The van der Waals surface area contributed by atoms with Gasteiger partial charge in [0.25, 0.3) is 0 Å². The maximum atomic E-state index is 5.77. The first-order chi connectivity index (χ1) is 8.22. The lowest BCUT2D eigenvalue weighted by Gasteiger charge is -2.14. The van der Waals surface area contributed by atoms with Crippen molar-refractivity contribution >= 4 is 11.3 Å². The molecule has 0 saturated heterocycles. The summed E-state index contributed by atoms with van der Waals surface area (Å²) in [6.45, 7) is 5.16. The molecule has 0 aliphatic heterocycles. The first-order valence-corrected chi connectivity index (χ1v) is 6.99. The number of aryl methyl sites for hydroxylation is 2. The monoisotopic (exact) mass is 243 g/mol. The summed E-state index contributed by atoms with van der Waals surface area (Å²) in [7, 11) is 0. The van der Waals surface area contributed by atoms with Crippen LogP contribution in [0.2, 0.25) is 0 Å². The van der Waals surface area contributed by atoms with Crippen molar-refractivity contribution in [3.8, 4) is 10.4 Å². The van der Waals surface area contributed by atoms with E-state index in [9.17, 15) is 0 Å². The highest BCUT2D eigenvalue weighted by molar-refractivity contribution is 7.13. The van der Waals surface area contributed by atoms with Crippen LogP contribution in [-0.4, -0.2) is 6.54 Å². The second-order valence-electron chi connectivity index (χ2n) is 4.88. The third-order valence-corrected chi connectivity index (χ3v) is 4.61. The van der Waals surface area contributed by atoms with Gasteiger partial charge in [-0.1, -0.05) is 17.7 Å². The molecule has 0 bridgehead atoms. The number of rotatable bonds is 2. The molecule has 0 amide bonds. The highest BCUT2D eigenvalue weighted by Crippen LogP contribution is 2.50. The van der Waals surface area contributed by atoms with E-state index < -0.39 is 0 Å². The van der Waals surface area contributed by atoms with Gasteiger partial charge in [-0.25, -0.2) is 0 Å². The first kappa shape index (κ1) is 11.0. The predicted octanol–water partition coefficient (Wildman–Crippen LogP) is 3.83. The fourth-order valence-corrected chi connectivity index (χ4v) is 4.06. The molecule has 1 unspecified atom stereocenters. The molecule has 1 aliphatic carbocycles. The Labute approximate surface area is 106 Å². The number of hydrogen-bond donors (Lipinski definition) is 1. The molecule has 2 heteroatoms. The van der Waals surface area contributed by atoms with Crippen molar-refractivity contribution in [2.45, 2.75) is 26.2 Å². The van der Waals surface area contributed by atoms with Crippen LogP contribution in [0.4, 0.5) is 0 Å². The van der Waals surface area contributed by atoms with Crippen LogP contribution in [-0.2, 0) is 0 Å². The standard InChI is InChI=1S/C15H17NS/c1-9-7-10(2)14-11(3-5-16)12-4-6-17-15(12)13(14)8-9/h4,6-8,11H,3,5,16H2,1-2H3. The number of hydrogen-bond acceptors (Lipinski definition) is 2. The van der Waals surface area contributed by atoms with Gasteiger partial charge in [-0.3, -0.25) is 0 Å². The molecule has 88 valence electrons. The van der Waals surface area contributed by atoms with Gasteiger partial charge in [0.05, 0.1) is 0 Å². The average Bonchev–Trinajstić information content (AvgIpc) is 2.82. The smallest absolute Gasteiger partial charge is 0.0384 e. The topological polar surface area (TPSA) is 26.0 Å². The molecule has 1 nitrogen and oxygen atoms in total. The van der Waals surface area contributed by atoms with E-state index in [-0.39, 0.29) is 0 Å². The van der Waals surface area contributed by atoms with E-state index in [1.807, 2.05) is 11.3 Å². The minimum atomic E-state index is 0.525. The van der Waals surface area contributed by atoms with Crippen molar-refractivity contribution in [2.75, 3.05) is 6.54 Å². The zero-order chi connectivity index (χ0) is 12.0. The molecule has 3 rings (SSSR count). The van der Waals surface area contributed by atoms with Gasteiger partial charge in [0.2, 0.25) is 0 Å². The third-order valence-electron chi connectivity index (χ3n) is 3.65. The van der Waals surface area contributed by atoms with Crippen LogP contribution in [0.3, 0.4) is 0 Å². The molecule has 2 N–H and O–H groups in total. The molecule has 1 aromatic heterocycles. The van der Waals surface area contributed by atoms with E-state index in [2.05, 4.69) is 37.4 Å². The Bertz CT molecular complexity index is 568. The van der Waals surface area contributed by atoms with Crippen LogP contribution < -0.4 is 5.73 Å². The van der Waals surface area contributed by atoms with Gasteiger partial charge < -0.3 is 5.73 Å². The number of nitrogens with two attached hydrogens (primary N) is 1. The summed E-state index contributed by atoms with van der Waals surface area (Å²) in [6.07, 6.45) is 1.06. The van der Waals surface area contributed by atoms with E-state index in [0.717, 1.165) is 13.0 Å². The van der Waals surface area contributed by atoms with Crippen LogP contribution in [0.1, 0.15) is 34.6 Å². The van der Waals surface area contributed by atoms with Crippen LogP contribution >= 0.6 is 11.3 Å². The fourth-order valence-electron chi connectivity index (χ4n) is 3.06. The fraction of sp³-hybridized carbons (Fsp3) is 0.333. The van der Waals surface area contributed by atoms with Gasteiger partial charge in [-0.15, -0.1) is 11.3 Å². The highest BCUT2D eigenvalue weighted by atomic mass is 32.1. The molecule has 2 aromatic rings. The molecule has 1 heterocycles. The van der Waals surface area contributed by atoms with Crippen molar-refractivity contribution in [1.29, 1.82) is 0 Å². The van der Waals surface area contributed by atoms with Gasteiger partial charge in [-0.05, 0) is 60.5 Å². The van der Waals surface area contributed by atoms with Gasteiger partial charge >= 0.3 is 0 Å². The first-order valence-electron chi connectivity index (χ1n) is 6.11. The zero-order valence-electron chi connectivity index (χ0n) is 10.3. The van der Waals surface area contributed by atoms with E-state index in [1.165, 1.54) is 32.7 Å². The van der Waals surface area contributed by atoms with Crippen LogP contribution in [0, 0.1) is 13.8 Å². The van der Waals surface area contributed by atoms with Crippen LogP contribution in [0.25, 0.3) is 10.4 Å². The lowest BCUT2D eigenvalue weighted by atomic mass is 9.90. The van der Waals surface area contributed by atoms with Gasteiger partial charge in [0, 0.05) is 10.8 Å². The molecule has 0 saturated carbocycles. The summed E-state index contributed by atoms with van der Waals surface area (Å²) in [6, 6.07) is 6.89.